The summed E-state index contributed by atoms with van der Waals surface area (Å²) in [5, 5.41) is 0. The summed E-state index contributed by atoms with van der Waals surface area (Å²) < 4.78 is 9.63. The van der Waals surface area contributed by atoms with Gasteiger partial charge in [-0.25, -0.2) is 0 Å². The zero-order chi connectivity index (χ0) is 15.7. The molecule has 0 aromatic heterocycles. The Bertz CT molecular complexity index is 473. The van der Waals surface area contributed by atoms with Gasteiger partial charge in [0.1, 0.15) is 0 Å². The van der Waals surface area contributed by atoms with Crippen LogP contribution in [0.25, 0.3) is 0 Å². The zero-order valence-electron chi connectivity index (χ0n) is 12.9. The molecule has 0 aliphatic carbocycles. The van der Waals surface area contributed by atoms with Gasteiger partial charge in [-0.1, -0.05) is 29.8 Å². The average molecular weight is 293 g/mol. The Hall–Kier alpha value is -1.88. The molecule has 0 fully saturated rings. The van der Waals surface area contributed by atoms with Crippen molar-refractivity contribution >= 4 is 11.9 Å². The Kier molecular flexibility index (Phi) is 7.46. The molecule has 0 radical (unpaired) electrons. The molecule has 0 unspecified atom stereocenters. The number of hydrogen-bond donors (Lipinski definition) is 0. The highest BCUT2D eigenvalue weighted by Gasteiger charge is 2.15. The molecule has 0 atom stereocenters. The van der Waals surface area contributed by atoms with Crippen LogP contribution in [-0.4, -0.2) is 50.7 Å². The highest BCUT2D eigenvalue weighted by Crippen LogP contribution is 2.07. The van der Waals surface area contributed by atoms with E-state index in [-0.39, 0.29) is 18.3 Å². The summed E-state index contributed by atoms with van der Waals surface area (Å²) in [5.41, 5.74) is 2.10. The minimum Gasteiger partial charge on any atom is -0.469 e. The summed E-state index contributed by atoms with van der Waals surface area (Å²) in [6.07, 6.45) is 0.520. The molecule has 0 saturated heterocycles. The Balaban J connectivity index is 2.63. The van der Waals surface area contributed by atoms with E-state index >= 15 is 0 Å². The van der Waals surface area contributed by atoms with Gasteiger partial charge in [0.2, 0.25) is 5.91 Å². The van der Waals surface area contributed by atoms with E-state index in [0.29, 0.717) is 26.1 Å². The van der Waals surface area contributed by atoms with Crippen LogP contribution in [-0.2, 0) is 25.5 Å². The fraction of sp³-hybridized carbons (Fsp3) is 0.500. The van der Waals surface area contributed by atoms with Crippen molar-refractivity contribution in [3.05, 3.63) is 35.4 Å². The van der Waals surface area contributed by atoms with Gasteiger partial charge in [0.25, 0.3) is 0 Å². The molecule has 0 aliphatic rings. The number of aryl methyl sites for hydroxylation is 1. The van der Waals surface area contributed by atoms with Crippen LogP contribution in [0.5, 0.6) is 0 Å². The number of benzene rings is 1. The van der Waals surface area contributed by atoms with Crippen molar-refractivity contribution in [1.82, 2.24) is 4.90 Å². The molecule has 0 N–H and O–H groups in total. The number of ether oxygens (including phenoxy) is 2. The molecule has 0 bridgehead atoms. The number of rotatable bonds is 8. The average Bonchev–Trinajstić information content (AvgIpc) is 2.46. The van der Waals surface area contributed by atoms with Crippen LogP contribution in [0.15, 0.2) is 24.3 Å². The van der Waals surface area contributed by atoms with Crippen LogP contribution in [0.2, 0.25) is 0 Å². The van der Waals surface area contributed by atoms with Crippen molar-refractivity contribution in [2.45, 2.75) is 19.8 Å². The fourth-order valence-corrected chi connectivity index (χ4v) is 2.00. The molecule has 1 aromatic carbocycles. The quantitative estimate of drug-likeness (QED) is 0.683. The SMILES string of the molecule is COCCN(CCC(=O)OC)C(=O)Cc1cccc(C)c1. The van der Waals surface area contributed by atoms with E-state index in [1.54, 1.807) is 12.0 Å². The maximum atomic E-state index is 12.3. The van der Waals surface area contributed by atoms with E-state index in [2.05, 4.69) is 4.74 Å². The van der Waals surface area contributed by atoms with Gasteiger partial charge >= 0.3 is 5.97 Å². The molecule has 5 heteroatoms. The number of amides is 1. The Morgan fingerprint density at radius 2 is 1.95 bits per heavy atom. The molecule has 0 heterocycles. The van der Waals surface area contributed by atoms with Gasteiger partial charge in [-0.15, -0.1) is 0 Å². The predicted molar refractivity (Wildman–Crippen MR) is 80.0 cm³/mol. The predicted octanol–water partition coefficient (Wildman–Crippen LogP) is 1.58. The maximum Gasteiger partial charge on any atom is 0.307 e. The summed E-state index contributed by atoms with van der Waals surface area (Å²) in [5.74, 6) is -0.331. The maximum absolute atomic E-state index is 12.3. The zero-order valence-corrected chi connectivity index (χ0v) is 12.9. The second-order valence-corrected chi connectivity index (χ2v) is 4.87. The second-order valence-electron chi connectivity index (χ2n) is 4.87. The second kappa shape index (κ2) is 9.13. The molecule has 0 aliphatic heterocycles. The summed E-state index contributed by atoms with van der Waals surface area (Å²) in [6, 6.07) is 7.85. The van der Waals surface area contributed by atoms with E-state index in [4.69, 9.17) is 4.74 Å². The molecular formula is C16H23NO4. The largest absolute Gasteiger partial charge is 0.469 e. The van der Waals surface area contributed by atoms with Crippen molar-refractivity contribution < 1.29 is 19.1 Å². The van der Waals surface area contributed by atoms with Crippen LogP contribution in [0.1, 0.15) is 17.5 Å². The first-order valence-electron chi connectivity index (χ1n) is 6.96. The summed E-state index contributed by atoms with van der Waals surface area (Å²) in [6.45, 7) is 3.26. The summed E-state index contributed by atoms with van der Waals surface area (Å²) >= 11 is 0. The summed E-state index contributed by atoms with van der Waals surface area (Å²) in [4.78, 5) is 25.2. The molecule has 0 spiro atoms. The van der Waals surface area contributed by atoms with Gasteiger partial charge in [0.05, 0.1) is 26.6 Å². The van der Waals surface area contributed by atoms with Crippen molar-refractivity contribution in [2.75, 3.05) is 33.9 Å². The van der Waals surface area contributed by atoms with Crippen molar-refractivity contribution in [1.29, 1.82) is 0 Å². The molecule has 1 aromatic rings. The lowest BCUT2D eigenvalue weighted by atomic mass is 10.1. The van der Waals surface area contributed by atoms with Gasteiger partial charge in [-0.3, -0.25) is 9.59 Å². The Morgan fingerprint density at radius 1 is 1.19 bits per heavy atom. The number of hydrogen-bond acceptors (Lipinski definition) is 4. The number of esters is 1. The molecule has 116 valence electrons. The summed E-state index contributed by atoms with van der Waals surface area (Å²) in [7, 11) is 2.93. The van der Waals surface area contributed by atoms with Crippen molar-refractivity contribution in [3.8, 4) is 0 Å². The monoisotopic (exact) mass is 293 g/mol. The Labute approximate surface area is 125 Å². The third-order valence-electron chi connectivity index (χ3n) is 3.17. The van der Waals surface area contributed by atoms with Gasteiger partial charge in [-0.05, 0) is 12.5 Å². The van der Waals surface area contributed by atoms with E-state index < -0.39 is 0 Å². The van der Waals surface area contributed by atoms with Crippen molar-refractivity contribution in [2.24, 2.45) is 0 Å². The van der Waals surface area contributed by atoms with Crippen LogP contribution >= 0.6 is 0 Å². The molecule has 0 saturated carbocycles. The highest BCUT2D eigenvalue weighted by atomic mass is 16.5. The number of nitrogens with zero attached hydrogens (tertiary/aromatic N) is 1. The lowest BCUT2D eigenvalue weighted by molar-refractivity contribution is -0.141. The molecule has 21 heavy (non-hydrogen) atoms. The first-order valence-corrected chi connectivity index (χ1v) is 6.96. The molecule has 1 amide bonds. The minimum absolute atomic E-state index is 0.0125. The first kappa shape index (κ1) is 17.2. The number of carbonyl (C=O) groups excluding carboxylic acids is 2. The topological polar surface area (TPSA) is 55.8 Å². The minimum atomic E-state index is -0.319. The third kappa shape index (κ3) is 6.40. The number of methoxy groups -OCH3 is 2. The lowest BCUT2D eigenvalue weighted by Crippen LogP contribution is -2.36. The highest BCUT2D eigenvalue weighted by molar-refractivity contribution is 5.79. The lowest BCUT2D eigenvalue weighted by Gasteiger charge is -2.22. The molecule has 1 rings (SSSR count). The Morgan fingerprint density at radius 3 is 2.57 bits per heavy atom. The van der Waals surface area contributed by atoms with Crippen molar-refractivity contribution in [3.63, 3.8) is 0 Å². The van der Waals surface area contributed by atoms with Gasteiger partial charge < -0.3 is 14.4 Å². The smallest absolute Gasteiger partial charge is 0.307 e. The molecule has 5 nitrogen and oxygen atoms in total. The van der Waals surface area contributed by atoms with E-state index in [9.17, 15) is 9.59 Å². The number of carbonyl (C=O) groups is 2. The standard InChI is InChI=1S/C16H23NO4/c1-13-5-4-6-14(11-13)12-15(18)17(9-10-20-2)8-7-16(19)21-3/h4-6,11H,7-10,12H2,1-3H3. The normalized spacial score (nSPS) is 10.2. The van der Waals surface area contributed by atoms with Crippen LogP contribution in [0, 0.1) is 6.92 Å². The first-order chi connectivity index (χ1) is 10.1. The van der Waals surface area contributed by atoms with Gasteiger partial charge in [0.15, 0.2) is 0 Å². The third-order valence-corrected chi connectivity index (χ3v) is 3.17. The van der Waals surface area contributed by atoms with Gasteiger partial charge in [0, 0.05) is 20.2 Å². The van der Waals surface area contributed by atoms with Crippen LogP contribution < -0.4 is 0 Å². The fourth-order valence-electron chi connectivity index (χ4n) is 2.00. The van der Waals surface area contributed by atoms with E-state index in [1.807, 2.05) is 31.2 Å². The van der Waals surface area contributed by atoms with Crippen LogP contribution in [0.3, 0.4) is 0 Å². The van der Waals surface area contributed by atoms with Gasteiger partial charge in [-0.2, -0.15) is 0 Å². The van der Waals surface area contributed by atoms with Crippen LogP contribution in [0.4, 0.5) is 0 Å². The van der Waals surface area contributed by atoms with E-state index in [0.717, 1.165) is 11.1 Å². The molecular weight excluding hydrogens is 270 g/mol. The van der Waals surface area contributed by atoms with E-state index in [1.165, 1.54) is 7.11 Å².